The van der Waals surface area contributed by atoms with Gasteiger partial charge in [0, 0.05) is 0 Å². The van der Waals surface area contributed by atoms with Crippen molar-refractivity contribution in [1.29, 1.82) is 0 Å². The molecule has 0 amide bonds. The van der Waals surface area contributed by atoms with Crippen LogP contribution in [0.5, 0.6) is 0 Å². The molecule has 0 aliphatic carbocycles. The molecule has 0 heterocycles. The summed E-state index contributed by atoms with van der Waals surface area (Å²) in [5.74, 6) is -3.45. The summed E-state index contributed by atoms with van der Waals surface area (Å²) in [5, 5.41) is 0. The molecular formula is C12H15F3. The molecule has 0 N–H and O–H groups in total. The second kappa shape index (κ2) is 4.25. The van der Waals surface area contributed by atoms with Crippen molar-refractivity contribution in [3.05, 3.63) is 34.1 Å². The summed E-state index contributed by atoms with van der Waals surface area (Å²) in [4.78, 5) is 0. The first kappa shape index (κ1) is 12.1. The van der Waals surface area contributed by atoms with Gasteiger partial charge in [0.2, 0.25) is 0 Å². The molecule has 1 aromatic rings. The third-order valence-electron chi connectivity index (χ3n) is 2.96. The second-order valence-corrected chi connectivity index (χ2v) is 3.91. The van der Waals surface area contributed by atoms with Crippen molar-refractivity contribution in [3.8, 4) is 0 Å². The van der Waals surface area contributed by atoms with Gasteiger partial charge in [-0.05, 0) is 42.9 Å². The van der Waals surface area contributed by atoms with E-state index in [0.29, 0.717) is 5.56 Å². The molecule has 1 unspecified atom stereocenters. The van der Waals surface area contributed by atoms with Gasteiger partial charge in [0.1, 0.15) is 0 Å². The first-order chi connectivity index (χ1) is 6.91. The van der Waals surface area contributed by atoms with Crippen molar-refractivity contribution in [2.45, 2.75) is 40.0 Å². The lowest BCUT2D eigenvalue weighted by Gasteiger charge is -2.17. The summed E-state index contributed by atoms with van der Waals surface area (Å²) in [5.41, 5.74) is 1.04. The topological polar surface area (TPSA) is 0 Å². The van der Waals surface area contributed by atoms with Gasteiger partial charge in [-0.25, -0.2) is 13.2 Å². The van der Waals surface area contributed by atoms with Crippen LogP contribution in [0.25, 0.3) is 0 Å². The standard InChI is InChI=1S/C12H15F3/c1-5-6(2)9-7(3)10(13)12(15)11(14)8(9)4/h6H,5H2,1-4H3. The summed E-state index contributed by atoms with van der Waals surface area (Å²) in [6, 6.07) is 0. The maximum absolute atomic E-state index is 13.3. The molecule has 0 fully saturated rings. The monoisotopic (exact) mass is 216 g/mol. The molecule has 0 aliphatic heterocycles. The van der Waals surface area contributed by atoms with Gasteiger partial charge in [-0.2, -0.15) is 0 Å². The Morgan fingerprint density at radius 2 is 1.33 bits per heavy atom. The molecule has 0 saturated heterocycles. The van der Waals surface area contributed by atoms with Gasteiger partial charge < -0.3 is 0 Å². The minimum atomic E-state index is -1.36. The number of hydrogen-bond donors (Lipinski definition) is 0. The molecule has 0 saturated carbocycles. The molecule has 0 aliphatic rings. The van der Waals surface area contributed by atoms with Gasteiger partial charge in [0.25, 0.3) is 0 Å². The van der Waals surface area contributed by atoms with E-state index in [9.17, 15) is 13.2 Å². The van der Waals surface area contributed by atoms with Crippen LogP contribution in [-0.4, -0.2) is 0 Å². The van der Waals surface area contributed by atoms with Crippen LogP contribution >= 0.6 is 0 Å². The Bertz CT molecular complexity index is 354. The molecule has 0 aromatic heterocycles. The van der Waals surface area contributed by atoms with Crippen LogP contribution < -0.4 is 0 Å². The zero-order valence-electron chi connectivity index (χ0n) is 9.42. The quantitative estimate of drug-likeness (QED) is 0.649. The highest BCUT2D eigenvalue weighted by molar-refractivity contribution is 5.39. The highest BCUT2D eigenvalue weighted by atomic mass is 19.2. The van der Waals surface area contributed by atoms with Crippen molar-refractivity contribution in [2.75, 3.05) is 0 Å². The summed E-state index contributed by atoms with van der Waals surface area (Å²) in [7, 11) is 0. The lowest BCUT2D eigenvalue weighted by molar-refractivity contribution is 0.435. The molecule has 84 valence electrons. The van der Waals surface area contributed by atoms with Gasteiger partial charge in [-0.1, -0.05) is 13.8 Å². The molecule has 0 bridgehead atoms. The van der Waals surface area contributed by atoms with Crippen molar-refractivity contribution >= 4 is 0 Å². The Morgan fingerprint density at radius 3 is 1.67 bits per heavy atom. The van der Waals surface area contributed by atoms with Crippen LogP contribution in [-0.2, 0) is 0 Å². The van der Waals surface area contributed by atoms with Crippen molar-refractivity contribution in [3.63, 3.8) is 0 Å². The van der Waals surface area contributed by atoms with Crippen molar-refractivity contribution in [1.82, 2.24) is 0 Å². The van der Waals surface area contributed by atoms with E-state index >= 15 is 0 Å². The number of rotatable bonds is 2. The predicted molar refractivity (Wildman–Crippen MR) is 54.5 cm³/mol. The first-order valence-corrected chi connectivity index (χ1v) is 5.05. The number of hydrogen-bond acceptors (Lipinski definition) is 0. The molecular weight excluding hydrogens is 201 g/mol. The van der Waals surface area contributed by atoms with E-state index in [1.165, 1.54) is 13.8 Å². The van der Waals surface area contributed by atoms with Gasteiger partial charge in [0.15, 0.2) is 17.5 Å². The van der Waals surface area contributed by atoms with E-state index in [1.807, 2.05) is 13.8 Å². The maximum Gasteiger partial charge on any atom is 0.194 e. The third-order valence-corrected chi connectivity index (χ3v) is 2.96. The van der Waals surface area contributed by atoms with E-state index in [2.05, 4.69) is 0 Å². The average Bonchev–Trinajstić information content (AvgIpc) is 2.23. The zero-order valence-corrected chi connectivity index (χ0v) is 9.42. The largest absolute Gasteiger partial charge is 0.203 e. The Morgan fingerprint density at radius 1 is 0.933 bits per heavy atom. The molecule has 1 atom stereocenters. The molecule has 0 nitrogen and oxygen atoms in total. The molecule has 0 radical (unpaired) electrons. The normalized spacial score (nSPS) is 13.0. The Labute approximate surface area is 88.1 Å². The molecule has 0 spiro atoms. The van der Waals surface area contributed by atoms with Crippen LogP contribution in [0, 0.1) is 31.3 Å². The van der Waals surface area contributed by atoms with E-state index in [-0.39, 0.29) is 17.0 Å². The second-order valence-electron chi connectivity index (χ2n) is 3.91. The van der Waals surface area contributed by atoms with Gasteiger partial charge in [-0.15, -0.1) is 0 Å². The summed E-state index contributed by atoms with van der Waals surface area (Å²) < 4.78 is 39.7. The van der Waals surface area contributed by atoms with Crippen LogP contribution in [0.4, 0.5) is 13.2 Å². The minimum absolute atomic E-state index is 0.0367. The Balaban J connectivity index is 3.52. The molecule has 15 heavy (non-hydrogen) atoms. The van der Waals surface area contributed by atoms with E-state index in [4.69, 9.17) is 0 Å². The minimum Gasteiger partial charge on any atom is -0.203 e. The summed E-state index contributed by atoms with van der Waals surface area (Å²) >= 11 is 0. The van der Waals surface area contributed by atoms with Gasteiger partial charge >= 0.3 is 0 Å². The zero-order chi connectivity index (χ0) is 11.7. The lowest BCUT2D eigenvalue weighted by Crippen LogP contribution is -2.07. The maximum atomic E-state index is 13.3. The highest BCUT2D eigenvalue weighted by Gasteiger charge is 2.22. The summed E-state index contributed by atoms with van der Waals surface area (Å²) in [6.45, 7) is 6.80. The van der Waals surface area contributed by atoms with Crippen molar-refractivity contribution in [2.24, 2.45) is 0 Å². The van der Waals surface area contributed by atoms with Crippen molar-refractivity contribution < 1.29 is 13.2 Å². The van der Waals surface area contributed by atoms with Crippen LogP contribution in [0.2, 0.25) is 0 Å². The number of halogens is 3. The SMILES string of the molecule is CCC(C)c1c(C)c(F)c(F)c(F)c1C. The fourth-order valence-electron chi connectivity index (χ4n) is 1.89. The van der Waals surface area contributed by atoms with Gasteiger partial charge in [-0.3, -0.25) is 0 Å². The molecule has 3 heteroatoms. The first-order valence-electron chi connectivity index (χ1n) is 5.05. The Kier molecular flexibility index (Phi) is 3.42. The van der Waals surface area contributed by atoms with E-state index in [1.54, 1.807) is 0 Å². The fourth-order valence-corrected chi connectivity index (χ4v) is 1.89. The molecule has 1 aromatic carbocycles. The lowest BCUT2D eigenvalue weighted by atomic mass is 9.89. The smallest absolute Gasteiger partial charge is 0.194 e. The molecule has 1 rings (SSSR count). The number of benzene rings is 1. The average molecular weight is 216 g/mol. The van der Waals surface area contributed by atoms with Crippen LogP contribution in [0.1, 0.15) is 42.9 Å². The Hall–Kier alpha value is -0.990. The summed E-state index contributed by atoms with van der Waals surface area (Å²) in [6.07, 6.45) is 0.770. The van der Waals surface area contributed by atoms with E-state index < -0.39 is 17.5 Å². The van der Waals surface area contributed by atoms with Gasteiger partial charge in [0.05, 0.1) is 0 Å². The van der Waals surface area contributed by atoms with E-state index in [0.717, 1.165) is 6.42 Å². The van der Waals surface area contributed by atoms with Crippen LogP contribution in [0.3, 0.4) is 0 Å². The predicted octanol–water partition coefficient (Wildman–Crippen LogP) is 4.23. The highest BCUT2D eigenvalue weighted by Crippen LogP contribution is 2.31. The third kappa shape index (κ3) is 1.87. The fraction of sp³-hybridized carbons (Fsp3) is 0.500. The van der Waals surface area contributed by atoms with Crippen LogP contribution in [0.15, 0.2) is 0 Å².